The van der Waals surface area contributed by atoms with Crippen LogP contribution in [-0.4, -0.2) is 29.8 Å². The number of likely N-dealkylation sites (tertiary alicyclic amines) is 1. The van der Waals surface area contributed by atoms with Crippen LogP contribution >= 0.6 is 11.6 Å². The monoisotopic (exact) mass is 294 g/mol. The predicted octanol–water partition coefficient (Wildman–Crippen LogP) is 2.53. The summed E-state index contributed by atoms with van der Waals surface area (Å²) >= 11 is 5.89. The second kappa shape index (κ2) is 6.37. The van der Waals surface area contributed by atoms with E-state index in [1.54, 1.807) is 7.05 Å². The molecule has 20 heavy (non-hydrogen) atoms. The minimum Gasteiger partial charge on any atom is -0.299 e. The zero-order chi connectivity index (χ0) is 14.7. The first-order valence-corrected chi connectivity index (χ1v) is 7.22. The standard InChI is InChI=1S/C15H19ClN2O2/c1-3-12(10-4-6-11(16)7-5-10)17-13-8-9-14(19)18(2)15(13)20/h4-7,12-13,17H,3,8-9H2,1-2H3. The maximum absolute atomic E-state index is 12.1. The highest BCUT2D eigenvalue weighted by atomic mass is 35.5. The Kier molecular flexibility index (Phi) is 4.78. The first-order valence-electron chi connectivity index (χ1n) is 6.84. The summed E-state index contributed by atoms with van der Waals surface area (Å²) in [6.45, 7) is 2.06. The molecule has 0 radical (unpaired) electrons. The molecule has 1 fully saturated rings. The van der Waals surface area contributed by atoms with Crippen molar-refractivity contribution in [3.63, 3.8) is 0 Å². The van der Waals surface area contributed by atoms with Gasteiger partial charge in [-0.1, -0.05) is 30.7 Å². The van der Waals surface area contributed by atoms with E-state index in [1.807, 2.05) is 24.3 Å². The molecular formula is C15H19ClN2O2. The van der Waals surface area contributed by atoms with Gasteiger partial charge in [-0.05, 0) is 30.5 Å². The topological polar surface area (TPSA) is 49.4 Å². The van der Waals surface area contributed by atoms with E-state index in [-0.39, 0.29) is 23.9 Å². The molecule has 0 saturated carbocycles. The van der Waals surface area contributed by atoms with Crippen molar-refractivity contribution >= 4 is 23.4 Å². The van der Waals surface area contributed by atoms with Crippen molar-refractivity contribution in [1.29, 1.82) is 0 Å². The van der Waals surface area contributed by atoms with Crippen molar-refractivity contribution in [3.05, 3.63) is 34.9 Å². The molecule has 2 amide bonds. The minimum atomic E-state index is -0.293. The molecule has 1 aliphatic heterocycles. The van der Waals surface area contributed by atoms with Crippen LogP contribution in [0.15, 0.2) is 24.3 Å². The Morgan fingerprint density at radius 2 is 2.00 bits per heavy atom. The zero-order valence-corrected chi connectivity index (χ0v) is 12.5. The second-order valence-electron chi connectivity index (χ2n) is 5.06. The lowest BCUT2D eigenvalue weighted by Gasteiger charge is -2.31. The molecule has 5 heteroatoms. The molecule has 0 aliphatic carbocycles. The van der Waals surface area contributed by atoms with Crippen LogP contribution in [0.5, 0.6) is 0 Å². The molecule has 0 bridgehead atoms. The average molecular weight is 295 g/mol. The molecule has 1 saturated heterocycles. The number of likely N-dealkylation sites (N-methyl/N-ethyl adjacent to an activating group) is 1. The number of imide groups is 1. The number of benzene rings is 1. The number of hydrogen-bond donors (Lipinski definition) is 1. The van der Waals surface area contributed by atoms with Crippen LogP contribution in [-0.2, 0) is 9.59 Å². The minimum absolute atomic E-state index is 0.0859. The van der Waals surface area contributed by atoms with Crippen LogP contribution in [0.25, 0.3) is 0 Å². The Hall–Kier alpha value is -1.39. The lowest BCUT2D eigenvalue weighted by Crippen LogP contribution is -2.52. The van der Waals surface area contributed by atoms with Crippen LogP contribution in [0.4, 0.5) is 0 Å². The van der Waals surface area contributed by atoms with Gasteiger partial charge in [0.25, 0.3) is 0 Å². The summed E-state index contributed by atoms with van der Waals surface area (Å²) in [7, 11) is 1.54. The number of halogens is 1. The first-order chi connectivity index (χ1) is 9.52. The molecule has 1 aliphatic rings. The Balaban J connectivity index is 2.08. The number of hydrogen-bond acceptors (Lipinski definition) is 3. The van der Waals surface area contributed by atoms with Gasteiger partial charge in [-0.25, -0.2) is 0 Å². The molecule has 108 valence electrons. The number of amides is 2. The number of nitrogens with one attached hydrogen (secondary N) is 1. The van der Waals surface area contributed by atoms with E-state index in [4.69, 9.17) is 11.6 Å². The molecule has 0 aromatic heterocycles. The van der Waals surface area contributed by atoms with E-state index in [0.717, 1.165) is 12.0 Å². The smallest absolute Gasteiger partial charge is 0.246 e. The number of carbonyl (C=O) groups is 2. The summed E-state index contributed by atoms with van der Waals surface area (Å²) in [4.78, 5) is 24.8. The zero-order valence-electron chi connectivity index (χ0n) is 11.7. The summed E-state index contributed by atoms with van der Waals surface area (Å²) < 4.78 is 0. The van der Waals surface area contributed by atoms with E-state index in [9.17, 15) is 9.59 Å². The molecule has 2 rings (SSSR count). The van der Waals surface area contributed by atoms with Gasteiger partial charge in [0.1, 0.15) is 0 Å². The quantitative estimate of drug-likeness (QED) is 0.868. The van der Waals surface area contributed by atoms with Crippen molar-refractivity contribution in [3.8, 4) is 0 Å². The van der Waals surface area contributed by atoms with Gasteiger partial charge in [0.15, 0.2) is 0 Å². The molecule has 2 atom stereocenters. The van der Waals surface area contributed by atoms with Gasteiger partial charge in [-0.3, -0.25) is 19.8 Å². The molecular weight excluding hydrogens is 276 g/mol. The highest BCUT2D eigenvalue weighted by molar-refractivity contribution is 6.30. The van der Waals surface area contributed by atoms with Gasteiger partial charge >= 0.3 is 0 Å². The third kappa shape index (κ3) is 3.19. The molecule has 1 heterocycles. The van der Waals surface area contributed by atoms with Gasteiger partial charge in [-0.2, -0.15) is 0 Å². The van der Waals surface area contributed by atoms with Crippen molar-refractivity contribution < 1.29 is 9.59 Å². The van der Waals surface area contributed by atoms with Gasteiger partial charge in [0.2, 0.25) is 11.8 Å². The number of rotatable bonds is 4. The van der Waals surface area contributed by atoms with Gasteiger partial charge in [0.05, 0.1) is 6.04 Å². The molecule has 1 N–H and O–H groups in total. The fraction of sp³-hybridized carbons (Fsp3) is 0.467. The molecule has 2 unspecified atom stereocenters. The number of carbonyl (C=O) groups excluding carboxylic acids is 2. The highest BCUT2D eigenvalue weighted by Gasteiger charge is 2.32. The number of nitrogens with zero attached hydrogens (tertiary/aromatic N) is 1. The first kappa shape index (κ1) is 15.0. The second-order valence-corrected chi connectivity index (χ2v) is 5.50. The molecule has 0 spiro atoms. The summed E-state index contributed by atoms with van der Waals surface area (Å²) in [6.07, 6.45) is 1.84. The van der Waals surface area contributed by atoms with Gasteiger partial charge in [0, 0.05) is 24.5 Å². The lowest BCUT2D eigenvalue weighted by atomic mass is 9.99. The Morgan fingerprint density at radius 1 is 1.35 bits per heavy atom. The average Bonchev–Trinajstić information content (AvgIpc) is 2.45. The van der Waals surface area contributed by atoms with Gasteiger partial charge in [-0.15, -0.1) is 0 Å². The summed E-state index contributed by atoms with van der Waals surface area (Å²) in [5.74, 6) is -0.249. The lowest BCUT2D eigenvalue weighted by molar-refractivity contribution is -0.148. The van der Waals surface area contributed by atoms with E-state index in [0.29, 0.717) is 17.9 Å². The normalized spacial score (nSPS) is 21.1. The van der Waals surface area contributed by atoms with Crippen LogP contribution in [0.3, 0.4) is 0 Å². The third-order valence-corrected chi connectivity index (χ3v) is 3.98. The molecule has 1 aromatic rings. The van der Waals surface area contributed by atoms with Crippen LogP contribution in [0, 0.1) is 0 Å². The largest absolute Gasteiger partial charge is 0.299 e. The Labute approximate surface area is 124 Å². The van der Waals surface area contributed by atoms with Crippen molar-refractivity contribution in [1.82, 2.24) is 10.2 Å². The van der Waals surface area contributed by atoms with E-state index < -0.39 is 0 Å². The van der Waals surface area contributed by atoms with Crippen LogP contribution in [0.2, 0.25) is 5.02 Å². The van der Waals surface area contributed by atoms with Crippen LogP contribution < -0.4 is 5.32 Å². The molecule has 1 aromatic carbocycles. The van der Waals surface area contributed by atoms with Crippen molar-refractivity contribution in [2.24, 2.45) is 0 Å². The Bertz CT molecular complexity index is 501. The fourth-order valence-electron chi connectivity index (χ4n) is 2.46. The van der Waals surface area contributed by atoms with Crippen LogP contribution in [0.1, 0.15) is 37.8 Å². The summed E-state index contributed by atoms with van der Waals surface area (Å²) in [6, 6.07) is 7.41. The summed E-state index contributed by atoms with van der Waals surface area (Å²) in [5, 5.41) is 4.05. The highest BCUT2D eigenvalue weighted by Crippen LogP contribution is 2.22. The predicted molar refractivity (Wildman–Crippen MR) is 78.4 cm³/mol. The maximum Gasteiger partial charge on any atom is 0.246 e. The van der Waals surface area contributed by atoms with Crippen molar-refractivity contribution in [2.75, 3.05) is 7.05 Å². The maximum atomic E-state index is 12.1. The van der Waals surface area contributed by atoms with Crippen molar-refractivity contribution in [2.45, 2.75) is 38.3 Å². The summed E-state index contributed by atoms with van der Waals surface area (Å²) in [5.41, 5.74) is 1.10. The van der Waals surface area contributed by atoms with E-state index >= 15 is 0 Å². The fourth-order valence-corrected chi connectivity index (χ4v) is 2.58. The van der Waals surface area contributed by atoms with E-state index in [2.05, 4.69) is 12.2 Å². The van der Waals surface area contributed by atoms with E-state index in [1.165, 1.54) is 4.90 Å². The number of piperidine rings is 1. The third-order valence-electron chi connectivity index (χ3n) is 3.73. The van der Waals surface area contributed by atoms with Gasteiger partial charge < -0.3 is 0 Å². The Morgan fingerprint density at radius 3 is 2.60 bits per heavy atom. The SMILES string of the molecule is CCC(NC1CCC(=O)N(C)C1=O)c1ccc(Cl)cc1. The molecule has 4 nitrogen and oxygen atoms in total.